The van der Waals surface area contributed by atoms with Gasteiger partial charge in [-0.25, -0.2) is 4.79 Å². The van der Waals surface area contributed by atoms with E-state index in [1.807, 2.05) is 30.3 Å². The minimum atomic E-state index is -0.437. The third-order valence-electron chi connectivity index (χ3n) is 3.63. The van der Waals surface area contributed by atoms with Gasteiger partial charge in [0.1, 0.15) is 12.3 Å². The quantitative estimate of drug-likeness (QED) is 0.655. The Balaban J connectivity index is 1.44. The summed E-state index contributed by atoms with van der Waals surface area (Å²) in [6.45, 7) is 1.26. The number of nitrogens with one attached hydrogen (secondary N) is 1. The van der Waals surface area contributed by atoms with E-state index in [-0.39, 0.29) is 12.9 Å². The van der Waals surface area contributed by atoms with Gasteiger partial charge in [-0.05, 0) is 25.3 Å². The largest absolute Gasteiger partial charge is 0.459 e. The molecule has 0 bridgehead atoms. The molecule has 0 saturated carbocycles. The molecule has 1 fully saturated rings. The van der Waals surface area contributed by atoms with Crippen molar-refractivity contribution in [2.45, 2.75) is 25.6 Å². The van der Waals surface area contributed by atoms with Gasteiger partial charge in [0.2, 0.25) is 0 Å². The zero-order valence-corrected chi connectivity index (χ0v) is 12.9. The molecule has 1 aliphatic rings. The molecule has 2 aromatic rings. The Bertz CT molecular complexity index is 621. The Hall–Kier alpha value is -2.18. The van der Waals surface area contributed by atoms with Gasteiger partial charge >= 0.3 is 5.97 Å². The summed E-state index contributed by atoms with van der Waals surface area (Å²) in [6.07, 6.45) is 2.92. The van der Waals surface area contributed by atoms with Crippen LogP contribution in [0.5, 0.6) is 0 Å². The average molecular weight is 316 g/mol. The molecule has 1 saturated heterocycles. The van der Waals surface area contributed by atoms with Crippen LogP contribution in [0, 0.1) is 0 Å². The second-order valence-electron chi connectivity index (χ2n) is 5.34. The number of nitrogens with zero attached hydrogens (tertiary/aromatic N) is 1. The fourth-order valence-corrected chi connectivity index (χ4v) is 2.42. The molecular formula is C17H20N2O4. The summed E-state index contributed by atoms with van der Waals surface area (Å²) in [4.78, 5) is 12.0. The summed E-state index contributed by atoms with van der Waals surface area (Å²) >= 11 is 0. The van der Waals surface area contributed by atoms with Gasteiger partial charge in [-0.2, -0.15) is 5.10 Å². The van der Waals surface area contributed by atoms with E-state index in [4.69, 9.17) is 14.2 Å². The molecule has 0 radical (unpaired) electrons. The Morgan fingerprint density at radius 3 is 2.91 bits per heavy atom. The molecule has 2 heterocycles. The van der Waals surface area contributed by atoms with Crippen molar-refractivity contribution in [3.05, 3.63) is 42.1 Å². The van der Waals surface area contributed by atoms with Gasteiger partial charge in [0.25, 0.3) is 0 Å². The van der Waals surface area contributed by atoms with Crippen LogP contribution in [-0.2, 0) is 14.2 Å². The Morgan fingerprint density at radius 1 is 1.26 bits per heavy atom. The van der Waals surface area contributed by atoms with Gasteiger partial charge in [-0.3, -0.25) is 5.10 Å². The van der Waals surface area contributed by atoms with Crippen molar-refractivity contribution in [1.82, 2.24) is 10.2 Å². The molecule has 6 heteroatoms. The van der Waals surface area contributed by atoms with Crippen molar-refractivity contribution in [1.29, 1.82) is 0 Å². The lowest BCUT2D eigenvalue weighted by atomic mass is 10.1. The second-order valence-corrected chi connectivity index (χ2v) is 5.34. The smallest absolute Gasteiger partial charge is 0.356 e. The highest BCUT2D eigenvalue weighted by Gasteiger charge is 2.15. The standard InChI is InChI=1S/C17H20N2O4/c20-17(23-11-10-22-16-8-4-5-9-21-16)15-12-14(18-19-15)13-6-2-1-3-7-13/h1-3,6-7,12,16H,4-5,8-11H2,(H,18,19)/t16-/m0/s1. The average Bonchev–Trinajstić information content (AvgIpc) is 3.10. The highest BCUT2D eigenvalue weighted by molar-refractivity contribution is 5.88. The van der Waals surface area contributed by atoms with Gasteiger partial charge in [0, 0.05) is 12.2 Å². The predicted molar refractivity (Wildman–Crippen MR) is 83.8 cm³/mol. The third-order valence-corrected chi connectivity index (χ3v) is 3.63. The molecule has 1 atom stereocenters. The first kappa shape index (κ1) is 15.7. The first-order valence-electron chi connectivity index (χ1n) is 7.84. The number of rotatable bonds is 6. The van der Waals surface area contributed by atoms with Crippen molar-refractivity contribution < 1.29 is 19.0 Å². The van der Waals surface area contributed by atoms with E-state index in [1.54, 1.807) is 6.07 Å². The van der Waals surface area contributed by atoms with Crippen LogP contribution in [0.1, 0.15) is 29.8 Å². The molecule has 0 spiro atoms. The van der Waals surface area contributed by atoms with Gasteiger partial charge in [0.05, 0.1) is 12.3 Å². The zero-order chi connectivity index (χ0) is 15.9. The summed E-state index contributed by atoms with van der Waals surface area (Å²) in [7, 11) is 0. The van der Waals surface area contributed by atoms with E-state index >= 15 is 0 Å². The van der Waals surface area contributed by atoms with E-state index in [9.17, 15) is 4.79 Å². The first-order valence-corrected chi connectivity index (χ1v) is 7.84. The molecule has 23 heavy (non-hydrogen) atoms. The number of ether oxygens (including phenoxy) is 3. The molecule has 0 aliphatic carbocycles. The minimum Gasteiger partial charge on any atom is -0.459 e. The normalized spacial score (nSPS) is 17.8. The van der Waals surface area contributed by atoms with Crippen molar-refractivity contribution >= 4 is 5.97 Å². The SMILES string of the molecule is O=C(OCCO[C@H]1CCCCO1)c1cc(-c2ccccc2)n[nH]1. The number of H-pyrrole nitrogens is 1. The van der Waals surface area contributed by atoms with Crippen LogP contribution in [0.2, 0.25) is 0 Å². The predicted octanol–water partition coefficient (Wildman–Crippen LogP) is 2.78. The lowest BCUT2D eigenvalue weighted by Gasteiger charge is -2.22. The lowest BCUT2D eigenvalue weighted by molar-refractivity contribution is -0.166. The monoisotopic (exact) mass is 316 g/mol. The Labute approximate surface area is 134 Å². The molecule has 1 N–H and O–H groups in total. The summed E-state index contributed by atoms with van der Waals surface area (Å²) in [5.41, 5.74) is 1.99. The maximum Gasteiger partial charge on any atom is 0.356 e. The van der Waals surface area contributed by atoms with E-state index in [0.717, 1.165) is 31.4 Å². The number of esters is 1. The summed E-state index contributed by atoms with van der Waals surface area (Å²) in [6, 6.07) is 11.3. The van der Waals surface area contributed by atoms with Crippen LogP contribution >= 0.6 is 0 Å². The Kier molecular flexibility index (Phi) is 5.39. The number of hydrogen-bond donors (Lipinski definition) is 1. The molecular weight excluding hydrogens is 296 g/mol. The maximum atomic E-state index is 12.0. The topological polar surface area (TPSA) is 73.4 Å². The second kappa shape index (κ2) is 7.89. The highest BCUT2D eigenvalue weighted by Crippen LogP contribution is 2.17. The van der Waals surface area contributed by atoms with Crippen LogP contribution in [0.3, 0.4) is 0 Å². The molecule has 1 aliphatic heterocycles. The molecule has 1 aromatic carbocycles. The van der Waals surface area contributed by atoms with Crippen molar-refractivity contribution in [2.75, 3.05) is 19.8 Å². The van der Waals surface area contributed by atoms with E-state index in [2.05, 4.69) is 10.2 Å². The highest BCUT2D eigenvalue weighted by atomic mass is 16.7. The number of benzene rings is 1. The zero-order valence-electron chi connectivity index (χ0n) is 12.9. The van der Waals surface area contributed by atoms with Crippen molar-refractivity contribution in [2.24, 2.45) is 0 Å². The number of carbonyl (C=O) groups excluding carboxylic acids is 1. The van der Waals surface area contributed by atoms with Gasteiger partial charge in [-0.1, -0.05) is 30.3 Å². The summed E-state index contributed by atoms with van der Waals surface area (Å²) in [5.74, 6) is -0.437. The van der Waals surface area contributed by atoms with Gasteiger partial charge in [0.15, 0.2) is 6.29 Å². The number of aromatic nitrogens is 2. The molecule has 122 valence electrons. The van der Waals surface area contributed by atoms with Crippen LogP contribution in [0.15, 0.2) is 36.4 Å². The van der Waals surface area contributed by atoms with Crippen LogP contribution in [0.25, 0.3) is 11.3 Å². The molecule has 3 rings (SSSR count). The Morgan fingerprint density at radius 2 is 2.13 bits per heavy atom. The van der Waals surface area contributed by atoms with E-state index in [1.165, 1.54) is 0 Å². The molecule has 0 amide bonds. The number of aromatic amines is 1. The van der Waals surface area contributed by atoms with Crippen LogP contribution in [-0.4, -0.2) is 42.3 Å². The summed E-state index contributed by atoms with van der Waals surface area (Å²) < 4.78 is 16.1. The van der Waals surface area contributed by atoms with E-state index < -0.39 is 5.97 Å². The maximum absolute atomic E-state index is 12.0. The van der Waals surface area contributed by atoms with E-state index in [0.29, 0.717) is 18.0 Å². The first-order chi connectivity index (χ1) is 11.3. The fraction of sp³-hybridized carbons (Fsp3) is 0.412. The molecule has 1 aromatic heterocycles. The lowest BCUT2D eigenvalue weighted by Crippen LogP contribution is -2.24. The molecule has 6 nitrogen and oxygen atoms in total. The fourth-order valence-electron chi connectivity index (χ4n) is 2.42. The minimum absolute atomic E-state index is 0.167. The number of hydrogen-bond acceptors (Lipinski definition) is 5. The van der Waals surface area contributed by atoms with Crippen molar-refractivity contribution in [3.8, 4) is 11.3 Å². The van der Waals surface area contributed by atoms with Crippen LogP contribution < -0.4 is 0 Å². The van der Waals surface area contributed by atoms with Gasteiger partial charge < -0.3 is 14.2 Å². The third kappa shape index (κ3) is 4.40. The number of carbonyl (C=O) groups is 1. The van der Waals surface area contributed by atoms with Gasteiger partial charge in [-0.15, -0.1) is 0 Å². The van der Waals surface area contributed by atoms with Crippen molar-refractivity contribution in [3.63, 3.8) is 0 Å². The summed E-state index contributed by atoms with van der Waals surface area (Å²) in [5, 5.41) is 6.84. The molecule has 0 unspecified atom stereocenters. The van der Waals surface area contributed by atoms with Crippen LogP contribution in [0.4, 0.5) is 0 Å².